The predicted molar refractivity (Wildman–Crippen MR) is 89.1 cm³/mol. The molecule has 0 aliphatic rings. The highest BCUT2D eigenvalue weighted by Gasteiger charge is 2.28. The lowest BCUT2D eigenvalue weighted by atomic mass is 10.2. The second-order valence-electron chi connectivity index (χ2n) is 5.22. The minimum atomic E-state index is -3.83. The van der Waals surface area contributed by atoms with Gasteiger partial charge in [-0.1, -0.05) is 30.3 Å². The van der Waals surface area contributed by atoms with Gasteiger partial charge in [-0.15, -0.1) is 0 Å². The Morgan fingerprint density at radius 2 is 1.42 bits per heavy atom. The first-order valence-electron chi connectivity index (χ1n) is 6.83. The van der Waals surface area contributed by atoms with Crippen LogP contribution in [0.15, 0.2) is 30.3 Å². The molecule has 0 amide bonds. The first kappa shape index (κ1) is 21.0. The molecule has 0 saturated carbocycles. The van der Waals surface area contributed by atoms with E-state index in [4.69, 9.17) is 0 Å². The maximum absolute atomic E-state index is 12.5. The third-order valence-corrected chi connectivity index (χ3v) is 6.21. The molecule has 0 aliphatic heterocycles. The van der Waals surface area contributed by atoms with Crippen molar-refractivity contribution in [2.45, 2.75) is 17.4 Å². The van der Waals surface area contributed by atoms with E-state index < -0.39 is 41.9 Å². The predicted octanol–water partition coefficient (Wildman–Crippen LogP) is 0.313. The van der Waals surface area contributed by atoms with Crippen molar-refractivity contribution in [3.8, 4) is 0 Å². The fraction of sp³-hybridized carbons (Fsp3) is 0.538. The van der Waals surface area contributed by atoms with Gasteiger partial charge in [0.1, 0.15) is 0 Å². The highest BCUT2D eigenvalue weighted by atomic mass is 32.2. The van der Waals surface area contributed by atoms with E-state index in [1.54, 1.807) is 30.3 Å². The zero-order valence-corrected chi connectivity index (χ0v) is 15.7. The monoisotopic (exact) mass is 400 g/mol. The molecule has 138 valence electrons. The lowest BCUT2D eigenvalue weighted by Gasteiger charge is -2.17. The van der Waals surface area contributed by atoms with Crippen molar-refractivity contribution in [1.29, 1.82) is 0 Å². The van der Waals surface area contributed by atoms with Gasteiger partial charge in [0, 0.05) is 0 Å². The molecule has 0 spiro atoms. The lowest BCUT2D eigenvalue weighted by molar-refractivity contribution is 0.274. The summed E-state index contributed by atoms with van der Waals surface area (Å²) in [6.45, 7) is -0.980. The van der Waals surface area contributed by atoms with Gasteiger partial charge in [0.15, 0.2) is 9.84 Å². The van der Waals surface area contributed by atoms with Crippen LogP contribution in [-0.4, -0.2) is 56.2 Å². The van der Waals surface area contributed by atoms with E-state index >= 15 is 0 Å². The summed E-state index contributed by atoms with van der Waals surface area (Å²) in [7, 11) is -11.3. The van der Waals surface area contributed by atoms with Crippen molar-refractivity contribution in [1.82, 2.24) is 0 Å². The summed E-state index contributed by atoms with van der Waals surface area (Å²) in [5.41, 5.74) is 0.533. The van der Waals surface area contributed by atoms with Gasteiger partial charge in [0.05, 0.1) is 36.7 Å². The molecule has 11 heteroatoms. The molecule has 24 heavy (non-hydrogen) atoms. The molecule has 8 nitrogen and oxygen atoms in total. The Bertz CT molecular complexity index is 826. The minimum Gasteiger partial charge on any atom is -0.270 e. The van der Waals surface area contributed by atoms with Crippen molar-refractivity contribution < 1.29 is 33.6 Å². The van der Waals surface area contributed by atoms with Gasteiger partial charge in [-0.25, -0.2) is 8.42 Å². The molecule has 0 aromatic heterocycles. The highest BCUT2D eigenvalue weighted by Crippen LogP contribution is 2.16. The van der Waals surface area contributed by atoms with E-state index in [0.29, 0.717) is 5.56 Å². The molecular weight excluding hydrogens is 380 g/mol. The van der Waals surface area contributed by atoms with Crippen LogP contribution in [0.25, 0.3) is 0 Å². The summed E-state index contributed by atoms with van der Waals surface area (Å²) in [5, 5.41) is -1.21. The molecule has 0 unspecified atom stereocenters. The van der Waals surface area contributed by atoms with Crippen LogP contribution < -0.4 is 0 Å². The van der Waals surface area contributed by atoms with Crippen LogP contribution in [0.3, 0.4) is 0 Å². The van der Waals surface area contributed by atoms with Crippen molar-refractivity contribution in [3.63, 3.8) is 0 Å². The molecule has 1 aromatic carbocycles. The Labute approximate surface area is 143 Å². The van der Waals surface area contributed by atoms with E-state index in [9.17, 15) is 25.3 Å². The average molecular weight is 400 g/mol. The summed E-state index contributed by atoms with van der Waals surface area (Å²) < 4.78 is 78.3. The zero-order chi connectivity index (χ0) is 18.4. The maximum Gasteiger partial charge on any atom is 0.264 e. The summed E-state index contributed by atoms with van der Waals surface area (Å²) >= 11 is 0. The first-order valence-corrected chi connectivity index (χ1v) is 12.2. The zero-order valence-electron chi connectivity index (χ0n) is 13.3. The smallest absolute Gasteiger partial charge is 0.264 e. The van der Waals surface area contributed by atoms with E-state index in [1.165, 1.54) is 0 Å². The Morgan fingerprint density at radius 3 is 1.92 bits per heavy atom. The highest BCUT2D eigenvalue weighted by molar-refractivity contribution is 7.91. The molecule has 1 rings (SSSR count). The van der Waals surface area contributed by atoms with Crippen molar-refractivity contribution >= 4 is 30.1 Å². The molecule has 0 bridgehead atoms. The fourth-order valence-corrected chi connectivity index (χ4v) is 4.34. The van der Waals surface area contributed by atoms with E-state index in [-0.39, 0.29) is 18.8 Å². The van der Waals surface area contributed by atoms with Gasteiger partial charge in [-0.2, -0.15) is 16.8 Å². The van der Waals surface area contributed by atoms with Gasteiger partial charge < -0.3 is 0 Å². The number of hydrogen-bond donors (Lipinski definition) is 0. The van der Waals surface area contributed by atoms with E-state index in [0.717, 1.165) is 12.5 Å². The third kappa shape index (κ3) is 8.73. The van der Waals surface area contributed by atoms with Gasteiger partial charge in [0.25, 0.3) is 20.2 Å². The van der Waals surface area contributed by atoms with Crippen molar-refractivity contribution in [2.75, 3.05) is 25.7 Å². The number of rotatable bonds is 10. The van der Waals surface area contributed by atoms with Crippen LogP contribution in [0.4, 0.5) is 0 Å². The molecule has 0 radical (unpaired) electrons. The van der Waals surface area contributed by atoms with Crippen LogP contribution in [0.5, 0.6) is 0 Å². The molecule has 1 aromatic rings. The summed E-state index contributed by atoms with van der Waals surface area (Å²) in [5.74, 6) is -0.315. The van der Waals surface area contributed by atoms with Gasteiger partial charge in [0.2, 0.25) is 0 Å². The van der Waals surface area contributed by atoms with Crippen LogP contribution >= 0.6 is 0 Å². The molecular formula is C13H20O8S3. The molecule has 1 atom stereocenters. The largest absolute Gasteiger partial charge is 0.270 e. The minimum absolute atomic E-state index is 0.211. The van der Waals surface area contributed by atoms with Gasteiger partial charge >= 0.3 is 0 Å². The fourth-order valence-electron chi connectivity index (χ4n) is 1.82. The van der Waals surface area contributed by atoms with Crippen LogP contribution in [0.2, 0.25) is 0 Å². The third-order valence-electron chi connectivity index (χ3n) is 2.92. The molecule has 0 aliphatic carbocycles. The standard InChI is InChI=1S/C13H20O8S3/c1-22(14,15)20-9-8-13(10-21-23(2,16)17)24(18,19)11-12-6-4-3-5-7-12/h3-7,13H,8-11H2,1-2H3/t13-/m0/s1. The Morgan fingerprint density at radius 1 is 0.875 bits per heavy atom. The normalized spacial score (nSPS) is 14.4. The first-order chi connectivity index (χ1) is 10.9. The van der Waals surface area contributed by atoms with Gasteiger partial charge in [-0.3, -0.25) is 8.37 Å². The number of benzene rings is 1. The maximum atomic E-state index is 12.5. The topological polar surface area (TPSA) is 121 Å². The summed E-state index contributed by atoms with van der Waals surface area (Å²) in [6, 6.07) is 8.34. The van der Waals surface area contributed by atoms with E-state index in [2.05, 4.69) is 8.37 Å². The van der Waals surface area contributed by atoms with Crippen LogP contribution in [0, 0.1) is 0 Å². The quantitative estimate of drug-likeness (QED) is 0.515. The second kappa shape index (κ2) is 8.39. The molecule has 0 N–H and O–H groups in total. The molecule has 0 saturated heterocycles. The average Bonchev–Trinajstić information content (AvgIpc) is 2.40. The molecule has 0 fully saturated rings. The van der Waals surface area contributed by atoms with Gasteiger partial charge in [-0.05, 0) is 12.0 Å². The SMILES string of the molecule is CS(=O)(=O)OCC[C@@H](COS(C)(=O)=O)S(=O)(=O)Cc1ccccc1. The molecule has 0 heterocycles. The number of hydrogen-bond acceptors (Lipinski definition) is 8. The number of sulfone groups is 1. The summed E-state index contributed by atoms with van der Waals surface area (Å²) in [6.07, 6.45) is 1.44. The lowest BCUT2D eigenvalue weighted by Crippen LogP contribution is -2.30. The Hall–Kier alpha value is -1.01. The summed E-state index contributed by atoms with van der Waals surface area (Å²) in [4.78, 5) is 0. The second-order valence-corrected chi connectivity index (χ2v) is 10.8. The Balaban J connectivity index is 2.88. The van der Waals surface area contributed by atoms with Crippen LogP contribution in [-0.2, 0) is 44.2 Å². The van der Waals surface area contributed by atoms with Crippen molar-refractivity contribution in [2.24, 2.45) is 0 Å². The van der Waals surface area contributed by atoms with Crippen LogP contribution in [0.1, 0.15) is 12.0 Å². The van der Waals surface area contributed by atoms with Crippen molar-refractivity contribution in [3.05, 3.63) is 35.9 Å². The Kier molecular flexibility index (Phi) is 7.35. The van der Waals surface area contributed by atoms with E-state index in [1.807, 2.05) is 0 Å².